The molecule has 1 saturated heterocycles. The van der Waals surface area contributed by atoms with Crippen molar-refractivity contribution in [1.82, 2.24) is 4.31 Å². The highest BCUT2D eigenvalue weighted by molar-refractivity contribution is 7.89. The molecule has 26 heavy (non-hydrogen) atoms. The highest BCUT2D eigenvalue weighted by Crippen LogP contribution is 2.37. The van der Waals surface area contributed by atoms with Crippen LogP contribution in [0.15, 0.2) is 41.3 Å². The van der Waals surface area contributed by atoms with Crippen molar-refractivity contribution in [2.75, 3.05) is 19.9 Å². The summed E-state index contributed by atoms with van der Waals surface area (Å²) in [7, 11) is -3.72. The van der Waals surface area contributed by atoms with Gasteiger partial charge in [0.15, 0.2) is 11.5 Å². The minimum Gasteiger partial charge on any atom is -0.478 e. The van der Waals surface area contributed by atoms with Crippen LogP contribution in [0.4, 0.5) is 0 Å². The summed E-state index contributed by atoms with van der Waals surface area (Å²) in [6, 6.07) is 9.38. The third-order valence-electron chi connectivity index (χ3n) is 4.56. The maximum absolute atomic E-state index is 12.9. The maximum Gasteiger partial charge on any atom is 0.335 e. The molecule has 7 nitrogen and oxygen atoms in total. The van der Waals surface area contributed by atoms with Crippen molar-refractivity contribution >= 4 is 16.0 Å². The molecule has 1 fully saturated rings. The van der Waals surface area contributed by atoms with Crippen LogP contribution >= 0.6 is 0 Å². The largest absolute Gasteiger partial charge is 0.478 e. The van der Waals surface area contributed by atoms with E-state index in [0.29, 0.717) is 35.7 Å². The van der Waals surface area contributed by atoms with Crippen LogP contribution in [0.1, 0.15) is 23.2 Å². The number of carbonyl (C=O) groups is 1. The molecule has 1 N–H and O–H groups in total. The average molecular weight is 375 g/mol. The lowest BCUT2D eigenvalue weighted by atomic mass is 10.0. The average Bonchev–Trinajstić information content (AvgIpc) is 3.32. The first-order chi connectivity index (χ1) is 12.4. The van der Waals surface area contributed by atoms with Crippen LogP contribution in [0, 0.1) is 0 Å². The Balaban J connectivity index is 1.82. The molecule has 0 spiro atoms. The Morgan fingerprint density at radius 3 is 2.42 bits per heavy atom. The van der Waals surface area contributed by atoms with Gasteiger partial charge in [-0.25, -0.2) is 13.2 Å². The van der Waals surface area contributed by atoms with E-state index in [1.165, 1.54) is 22.5 Å². The Morgan fingerprint density at radius 1 is 0.962 bits per heavy atom. The number of aromatic carboxylic acids is 1. The van der Waals surface area contributed by atoms with E-state index in [2.05, 4.69) is 0 Å². The summed E-state index contributed by atoms with van der Waals surface area (Å²) in [5, 5.41) is 9.41. The van der Waals surface area contributed by atoms with E-state index in [1.54, 1.807) is 18.2 Å². The third kappa shape index (κ3) is 2.91. The first-order valence-corrected chi connectivity index (χ1v) is 9.68. The van der Waals surface area contributed by atoms with Gasteiger partial charge in [-0.05, 0) is 54.3 Å². The van der Waals surface area contributed by atoms with E-state index < -0.39 is 16.0 Å². The van der Waals surface area contributed by atoms with Gasteiger partial charge < -0.3 is 14.6 Å². The number of sulfonamides is 1. The summed E-state index contributed by atoms with van der Waals surface area (Å²) in [5.74, 6) is -0.0225. The summed E-state index contributed by atoms with van der Waals surface area (Å²) in [5.41, 5.74) is 1.09. The second kappa shape index (κ2) is 6.30. The van der Waals surface area contributed by atoms with Crippen molar-refractivity contribution < 1.29 is 27.8 Å². The van der Waals surface area contributed by atoms with Crippen molar-refractivity contribution in [2.24, 2.45) is 0 Å². The van der Waals surface area contributed by atoms with Crippen LogP contribution in [0.25, 0.3) is 11.1 Å². The fourth-order valence-electron chi connectivity index (χ4n) is 3.19. The van der Waals surface area contributed by atoms with Crippen LogP contribution in [0.3, 0.4) is 0 Å². The van der Waals surface area contributed by atoms with Crippen LogP contribution in [0.5, 0.6) is 11.5 Å². The van der Waals surface area contributed by atoms with E-state index in [1.807, 2.05) is 0 Å². The van der Waals surface area contributed by atoms with Gasteiger partial charge in [0.05, 0.1) is 10.5 Å². The lowest BCUT2D eigenvalue weighted by molar-refractivity contribution is 0.0696. The predicted molar refractivity (Wildman–Crippen MR) is 93.0 cm³/mol. The van der Waals surface area contributed by atoms with E-state index in [0.717, 1.165) is 12.8 Å². The summed E-state index contributed by atoms with van der Waals surface area (Å²) in [6.45, 7) is 1.04. The Hall–Kier alpha value is -2.58. The Kier molecular flexibility index (Phi) is 4.08. The normalized spacial score (nSPS) is 16.8. The van der Waals surface area contributed by atoms with Gasteiger partial charge in [-0.2, -0.15) is 4.31 Å². The number of carboxylic acids is 1. The highest BCUT2D eigenvalue weighted by Gasteiger charge is 2.28. The van der Waals surface area contributed by atoms with Gasteiger partial charge >= 0.3 is 5.97 Å². The zero-order valence-corrected chi connectivity index (χ0v) is 14.7. The fraction of sp³-hybridized carbons (Fsp3) is 0.278. The molecular weight excluding hydrogens is 358 g/mol. The topological polar surface area (TPSA) is 93.1 Å². The molecule has 0 aliphatic carbocycles. The molecule has 0 aromatic heterocycles. The molecule has 0 amide bonds. The zero-order chi connectivity index (χ0) is 18.3. The Labute approximate surface area is 150 Å². The summed E-state index contributed by atoms with van der Waals surface area (Å²) in [4.78, 5) is 11.5. The SMILES string of the molecule is O=C(O)c1cc(-c2ccc3c(c2)OCO3)cc(S(=O)(=O)N2CCCC2)c1. The predicted octanol–water partition coefficient (Wildman–Crippen LogP) is 2.57. The van der Waals surface area contributed by atoms with Gasteiger partial charge in [-0.15, -0.1) is 0 Å². The third-order valence-corrected chi connectivity index (χ3v) is 6.44. The summed E-state index contributed by atoms with van der Waals surface area (Å²) >= 11 is 0. The second-order valence-electron chi connectivity index (χ2n) is 6.23. The first kappa shape index (κ1) is 16.9. The van der Waals surface area contributed by atoms with E-state index in [9.17, 15) is 18.3 Å². The molecule has 2 aliphatic heterocycles. The minimum absolute atomic E-state index is 0.00744. The van der Waals surface area contributed by atoms with Crippen molar-refractivity contribution in [1.29, 1.82) is 0 Å². The number of nitrogens with zero attached hydrogens (tertiary/aromatic N) is 1. The number of fused-ring (bicyclic) bond motifs is 1. The molecule has 0 radical (unpaired) electrons. The fourth-order valence-corrected chi connectivity index (χ4v) is 4.78. The van der Waals surface area contributed by atoms with Crippen LogP contribution in [0.2, 0.25) is 0 Å². The van der Waals surface area contributed by atoms with Crippen molar-refractivity contribution in [2.45, 2.75) is 17.7 Å². The molecule has 2 aliphatic rings. The number of hydrogen-bond acceptors (Lipinski definition) is 5. The monoisotopic (exact) mass is 375 g/mol. The van der Waals surface area contributed by atoms with Crippen molar-refractivity contribution in [3.63, 3.8) is 0 Å². The van der Waals surface area contributed by atoms with Crippen molar-refractivity contribution in [3.8, 4) is 22.6 Å². The first-order valence-electron chi connectivity index (χ1n) is 8.24. The van der Waals surface area contributed by atoms with Gasteiger partial charge in [0.2, 0.25) is 16.8 Å². The van der Waals surface area contributed by atoms with Crippen LogP contribution in [-0.4, -0.2) is 43.7 Å². The van der Waals surface area contributed by atoms with E-state index >= 15 is 0 Å². The number of rotatable bonds is 4. The summed E-state index contributed by atoms with van der Waals surface area (Å²) in [6.07, 6.45) is 1.62. The number of ether oxygens (including phenoxy) is 2. The number of benzene rings is 2. The van der Waals surface area contributed by atoms with Gasteiger partial charge in [0, 0.05) is 13.1 Å². The second-order valence-corrected chi connectivity index (χ2v) is 8.17. The molecule has 4 rings (SSSR count). The van der Waals surface area contributed by atoms with Crippen LogP contribution in [-0.2, 0) is 10.0 Å². The quantitative estimate of drug-likeness (QED) is 0.883. The summed E-state index contributed by atoms with van der Waals surface area (Å²) < 4.78 is 37.8. The number of hydrogen-bond donors (Lipinski definition) is 1. The van der Waals surface area contributed by atoms with Crippen molar-refractivity contribution in [3.05, 3.63) is 42.0 Å². The smallest absolute Gasteiger partial charge is 0.335 e. The van der Waals surface area contributed by atoms with Gasteiger partial charge in [0.25, 0.3) is 0 Å². The minimum atomic E-state index is -3.72. The lowest BCUT2D eigenvalue weighted by Crippen LogP contribution is -2.28. The zero-order valence-electron chi connectivity index (χ0n) is 13.8. The van der Waals surface area contributed by atoms with E-state index in [-0.39, 0.29) is 17.3 Å². The molecule has 0 atom stereocenters. The Bertz CT molecular complexity index is 979. The molecule has 0 bridgehead atoms. The van der Waals surface area contributed by atoms with Gasteiger partial charge in [0.1, 0.15) is 0 Å². The molecule has 0 saturated carbocycles. The molecule has 8 heteroatoms. The lowest BCUT2D eigenvalue weighted by Gasteiger charge is -2.17. The standard InChI is InChI=1S/C18H17NO6S/c20-18(21)14-7-13(12-3-4-16-17(10-12)25-11-24-16)8-15(9-14)26(22,23)19-5-1-2-6-19/h3-4,7-10H,1-2,5-6,11H2,(H,20,21). The van der Waals surface area contributed by atoms with Crippen LogP contribution < -0.4 is 9.47 Å². The van der Waals surface area contributed by atoms with Gasteiger partial charge in [-0.1, -0.05) is 6.07 Å². The maximum atomic E-state index is 12.9. The molecule has 136 valence electrons. The molecule has 2 aromatic carbocycles. The number of carboxylic acid groups (broad SMARTS) is 1. The molecule has 2 heterocycles. The highest BCUT2D eigenvalue weighted by atomic mass is 32.2. The molecular formula is C18H17NO6S. The Morgan fingerprint density at radius 2 is 1.69 bits per heavy atom. The van der Waals surface area contributed by atoms with E-state index in [4.69, 9.17) is 9.47 Å². The molecule has 0 unspecified atom stereocenters. The van der Waals surface area contributed by atoms with Gasteiger partial charge in [-0.3, -0.25) is 0 Å². The molecule has 2 aromatic rings.